The molecule has 1 amide bonds. The average molecular weight is 393 g/mol. The molecule has 140 valence electrons. The van der Waals surface area contributed by atoms with Crippen molar-refractivity contribution >= 4 is 27.3 Å². The number of nitrogens with one attached hydrogen (secondary N) is 1. The first-order chi connectivity index (χ1) is 12.3. The fourth-order valence-electron chi connectivity index (χ4n) is 3.23. The molecule has 1 unspecified atom stereocenters. The van der Waals surface area contributed by atoms with E-state index in [1.165, 1.54) is 31.0 Å². The topological polar surface area (TPSA) is 66.5 Å². The second-order valence-electron chi connectivity index (χ2n) is 6.77. The minimum Gasteiger partial charge on any atom is -0.343 e. The molecular formula is C19H24N2O3S2. The van der Waals surface area contributed by atoms with Crippen LogP contribution in [0.2, 0.25) is 0 Å². The summed E-state index contributed by atoms with van der Waals surface area (Å²) in [5.74, 6) is -0.311. The van der Waals surface area contributed by atoms with Gasteiger partial charge in [-0.05, 0) is 53.8 Å². The van der Waals surface area contributed by atoms with Crippen LogP contribution in [0.1, 0.15) is 40.5 Å². The quantitative estimate of drug-likeness (QED) is 0.822. The predicted octanol–water partition coefficient (Wildman–Crippen LogP) is 2.72. The van der Waals surface area contributed by atoms with E-state index in [1.807, 2.05) is 17.5 Å². The molecule has 0 bridgehead atoms. The van der Waals surface area contributed by atoms with E-state index in [0.717, 1.165) is 33.8 Å². The molecule has 0 aliphatic heterocycles. The van der Waals surface area contributed by atoms with Crippen molar-refractivity contribution in [3.63, 3.8) is 0 Å². The van der Waals surface area contributed by atoms with Crippen molar-refractivity contribution in [1.82, 2.24) is 9.62 Å². The van der Waals surface area contributed by atoms with E-state index < -0.39 is 10.0 Å². The number of hydrogen-bond acceptors (Lipinski definition) is 4. The van der Waals surface area contributed by atoms with E-state index >= 15 is 0 Å². The van der Waals surface area contributed by atoms with E-state index in [9.17, 15) is 13.2 Å². The van der Waals surface area contributed by atoms with Crippen molar-refractivity contribution in [2.24, 2.45) is 0 Å². The average Bonchev–Trinajstić information content (AvgIpc) is 3.12. The Bertz CT molecular complexity index is 876. The Balaban J connectivity index is 1.84. The van der Waals surface area contributed by atoms with Crippen molar-refractivity contribution < 1.29 is 13.2 Å². The molecule has 26 heavy (non-hydrogen) atoms. The summed E-state index contributed by atoms with van der Waals surface area (Å²) in [4.78, 5) is 13.5. The number of fused-ring (bicyclic) bond motifs is 1. The Kier molecular flexibility index (Phi) is 5.79. The Hall–Kier alpha value is -1.70. The summed E-state index contributed by atoms with van der Waals surface area (Å²) in [5.41, 5.74) is 3.80. The summed E-state index contributed by atoms with van der Waals surface area (Å²) in [5, 5.41) is 4.99. The molecule has 1 heterocycles. The first-order valence-corrected chi connectivity index (χ1v) is 11.4. The van der Waals surface area contributed by atoms with Crippen LogP contribution in [0.3, 0.4) is 0 Å². The molecule has 1 aliphatic rings. The molecule has 1 aliphatic carbocycles. The maximum absolute atomic E-state index is 12.5. The third kappa shape index (κ3) is 4.52. The molecule has 7 heteroatoms. The molecular weight excluding hydrogens is 368 g/mol. The molecule has 3 rings (SSSR count). The van der Waals surface area contributed by atoms with Crippen molar-refractivity contribution in [3.8, 4) is 0 Å². The van der Waals surface area contributed by atoms with Gasteiger partial charge in [0.1, 0.15) is 0 Å². The number of sulfonamides is 1. The van der Waals surface area contributed by atoms with Crippen LogP contribution in [-0.4, -0.2) is 38.5 Å². The number of rotatable bonds is 6. The van der Waals surface area contributed by atoms with Gasteiger partial charge in [-0.25, -0.2) is 8.42 Å². The lowest BCUT2D eigenvalue weighted by Gasteiger charge is -2.23. The number of likely N-dealkylation sites (N-methyl/N-ethyl adjacent to an activating group) is 1. The standard InChI is InChI=1S/C19H24N2O3S2/c1-21(26(2,23)24)13-18(22)20-19(17-8-5-11-25-17)16-10-9-14-6-3-4-7-15(14)12-16/h5,8-12,19H,3-4,6-7,13H2,1-2H3,(H,20,22). The first-order valence-electron chi connectivity index (χ1n) is 8.70. The highest BCUT2D eigenvalue weighted by Crippen LogP contribution is 2.30. The van der Waals surface area contributed by atoms with E-state index in [-0.39, 0.29) is 18.5 Å². The van der Waals surface area contributed by atoms with Gasteiger partial charge in [0.2, 0.25) is 15.9 Å². The number of carbonyl (C=O) groups is 1. The van der Waals surface area contributed by atoms with Crippen molar-refractivity contribution in [1.29, 1.82) is 0 Å². The van der Waals surface area contributed by atoms with Gasteiger partial charge in [0, 0.05) is 11.9 Å². The third-order valence-corrected chi connectivity index (χ3v) is 6.97. The highest BCUT2D eigenvalue weighted by molar-refractivity contribution is 7.88. The largest absolute Gasteiger partial charge is 0.343 e. The first kappa shape index (κ1) is 19.1. The molecule has 5 nitrogen and oxygen atoms in total. The summed E-state index contributed by atoms with van der Waals surface area (Å²) >= 11 is 1.58. The zero-order valence-corrected chi connectivity index (χ0v) is 16.7. The molecule has 2 aromatic rings. The molecule has 1 aromatic carbocycles. The lowest BCUT2D eigenvalue weighted by Crippen LogP contribution is -2.39. The van der Waals surface area contributed by atoms with Gasteiger partial charge in [-0.2, -0.15) is 4.31 Å². The summed E-state index contributed by atoms with van der Waals surface area (Å²) in [7, 11) is -1.98. The van der Waals surface area contributed by atoms with Crippen LogP contribution in [0.15, 0.2) is 35.7 Å². The van der Waals surface area contributed by atoms with Crippen LogP contribution in [0, 0.1) is 0 Å². The van der Waals surface area contributed by atoms with E-state index in [4.69, 9.17) is 0 Å². The van der Waals surface area contributed by atoms with Gasteiger partial charge < -0.3 is 5.32 Å². The van der Waals surface area contributed by atoms with Gasteiger partial charge in [-0.15, -0.1) is 11.3 Å². The summed E-state index contributed by atoms with van der Waals surface area (Å²) in [6.07, 6.45) is 5.72. The molecule has 1 atom stereocenters. The van der Waals surface area contributed by atoms with Crippen LogP contribution in [0.4, 0.5) is 0 Å². The smallest absolute Gasteiger partial charge is 0.236 e. The fourth-order valence-corrected chi connectivity index (χ4v) is 4.39. The Morgan fingerprint density at radius 2 is 1.96 bits per heavy atom. The highest BCUT2D eigenvalue weighted by Gasteiger charge is 2.22. The normalized spacial score (nSPS) is 15.5. The predicted molar refractivity (Wildman–Crippen MR) is 105 cm³/mol. The number of nitrogens with zero attached hydrogens (tertiary/aromatic N) is 1. The number of benzene rings is 1. The van der Waals surface area contributed by atoms with Gasteiger partial charge in [0.15, 0.2) is 0 Å². The molecule has 0 fully saturated rings. The van der Waals surface area contributed by atoms with Gasteiger partial charge in [0.05, 0.1) is 18.8 Å². The second-order valence-corrected chi connectivity index (χ2v) is 9.84. The van der Waals surface area contributed by atoms with Crippen LogP contribution in [0.5, 0.6) is 0 Å². The molecule has 0 saturated carbocycles. The minimum absolute atomic E-state index is 0.189. The van der Waals surface area contributed by atoms with Gasteiger partial charge in [-0.3, -0.25) is 4.79 Å². The van der Waals surface area contributed by atoms with Crippen LogP contribution in [0.25, 0.3) is 0 Å². The monoisotopic (exact) mass is 392 g/mol. The maximum Gasteiger partial charge on any atom is 0.236 e. The van der Waals surface area contributed by atoms with E-state index in [2.05, 4.69) is 23.5 Å². The van der Waals surface area contributed by atoms with Crippen LogP contribution in [-0.2, 0) is 27.7 Å². The van der Waals surface area contributed by atoms with E-state index in [0.29, 0.717) is 0 Å². The maximum atomic E-state index is 12.5. The third-order valence-electron chi connectivity index (χ3n) is 4.77. The number of hydrogen-bond donors (Lipinski definition) is 1. The zero-order chi connectivity index (χ0) is 18.7. The number of thiophene rings is 1. The minimum atomic E-state index is -3.39. The van der Waals surface area contributed by atoms with Crippen LogP contribution >= 0.6 is 11.3 Å². The number of aryl methyl sites for hydroxylation is 2. The molecule has 0 saturated heterocycles. The van der Waals surface area contributed by atoms with Gasteiger partial charge in [0.25, 0.3) is 0 Å². The Morgan fingerprint density at radius 3 is 2.62 bits per heavy atom. The number of carbonyl (C=O) groups excluding carboxylic acids is 1. The second kappa shape index (κ2) is 7.90. The molecule has 1 aromatic heterocycles. The summed E-state index contributed by atoms with van der Waals surface area (Å²) in [6.45, 7) is -0.189. The van der Waals surface area contributed by atoms with Crippen LogP contribution < -0.4 is 5.32 Å². The highest BCUT2D eigenvalue weighted by atomic mass is 32.2. The van der Waals surface area contributed by atoms with Crippen molar-refractivity contribution in [2.45, 2.75) is 31.7 Å². The Morgan fingerprint density at radius 1 is 1.23 bits per heavy atom. The van der Waals surface area contributed by atoms with Gasteiger partial charge >= 0.3 is 0 Å². The summed E-state index contributed by atoms with van der Waals surface area (Å²) in [6, 6.07) is 10.1. The summed E-state index contributed by atoms with van der Waals surface area (Å²) < 4.78 is 24.2. The molecule has 1 N–H and O–H groups in total. The lowest BCUT2D eigenvalue weighted by molar-refractivity contribution is -0.121. The zero-order valence-electron chi connectivity index (χ0n) is 15.1. The van der Waals surface area contributed by atoms with Crippen molar-refractivity contribution in [3.05, 3.63) is 57.3 Å². The molecule has 0 radical (unpaired) electrons. The lowest BCUT2D eigenvalue weighted by atomic mass is 9.89. The SMILES string of the molecule is CN(CC(=O)NC(c1ccc2c(c1)CCCC2)c1cccs1)S(C)(=O)=O. The molecule has 0 spiro atoms. The van der Waals surface area contributed by atoms with E-state index in [1.54, 1.807) is 11.3 Å². The fraction of sp³-hybridized carbons (Fsp3) is 0.421. The number of amides is 1. The van der Waals surface area contributed by atoms with Gasteiger partial charge in [-0.1, -0.05) is 24.3 Å². The Labute approximate surface area is 159 Å². The van der Waals surface area contributed by atoms with Crippen molar-refractivity contribution in [2.75, 3.05) is 19.8 Å².